The van der Waals surface area contributed by atoms with Crippen LogP contribution in [0.1, 0.15) is 51.4 Å². The Labute approximate surface area is 143 Å². The minimum Gasteiger partial charge on any atom is -0.481 e. The highest BCUT2D eigenvalue weighted by molar-refractivity contribution is 5.85. The first-order valence-corrected chi connectivity index (χ1v) is 9.48. The number of carbonyl (C=O) groups is 2. The van der Waals surface area contributed by atoms with E-state index in [1.54, 1.807) is 7.11 Å². The van der Waals surface area contributed by atoms with Gasteiger partial charge in [-0.1, -0.05) is 0 Å². The topological polar surface area (TPSA) is 66.8 Å². The average Bonchev–Trinajstić information content (AvgIpc) is 2.53. The number of likely N-dealkylation sites (tertiary alicyclic amines) is 1. The average molecular weight is 335 g/mol. The zero-order valence-corrected chi connectivity index (χ0v) is 14.6. The molecule has 5 aliphatic rings. The molecule has 134 valence electrons. The first-order chi connectivity index (χ1) is 11.5. The van der Waals surface area contributed by atoms with Crippen LogP contribution in [-0.4, -0.2) is 48.7 Å². The van der Waals surface area contributed by atoms with Gasteiger partial charge in [-0.05, 0) is 69.1 Å². The number of hydrogen-bond donors (Lipinski definition) is 1. The van der Waals surface area contributed by atoms with Crippen LogP contribution in [0, 0.1) is 28.6 Å². The maximum atomic E-state index is 13.5. The highest BCUT2D eigenvalue weighted by Crippen LogP contribution is 2.60. The molecule has 5 fully saturated rings. The van der Waals surface area contributed by atoms with Gasteiger partial charge in [0.05, 0.1) is 12.0 Å². The van der Waals surface area contributed by atoms with E-state index in [0.717, 1.165) is 43.4 Å². The first-order valence-electron chi connectivity index (χ1n) is 9.48. The number of carbonyl (C=O) groups excluding carboxylic acids is 1. The van der Waals surface area contributed by atoms with Crippen LogP contribution < -0.4 is 0 Å². The number of nitrogens with zero attached hydrogens (tertiary/aromatic N) is 1. The Morgan fingerprint density at radius 2 is 1.71 bits per heavy atom. The molecule has 4 bridgehead atoms. The van der Waals surface area contributed by atoms with E-state index in [0.29, 0.717) is 19.5 Å². The molecule has 1 heterocycles. The summed E-state index contributed by atoms with van der Waals surface area (Å²) in [5, 5.41) is 9.74. The van der Waals surface area contributed by atoms with Gasteiger partial charge in [0.2, 0.25) is 5.91 Å². The molecule has 0 spiro atoms. The van der Waals surface area contributed by atoms with E-state index in [9.17, 15) is 14.7 Å². The van der Waals surface area contributed by atoms with E-state index < -0.39 is 11.4 Å². The van der Waals surface area contributed by atoms with E-state index in [1.807, 2.05) is 4.90 Å². The second kappa shape index (κ2) is 5.72. The molecule has 1 amide bonds. The number of aliphatic carboxylic acids is 1. The lowest BCUT2D eigenvalue weighted by Gasteiger charge is -2.57. The molecule has 1 aliphatic heterocycles. The Kier molecular flexibility index (Phi) is 3.90. The number of methoxy groups -OCH3 is 1. The summed E-state index contributed by atoms with van der Waals surface area (Å²) in [7, 11) is 1.55. The summed E-state index contributed by atoms with van der Waals surface area (Å²) >= 11 is 0. The van der Waals surface area contributed by atoms with Crippen LogP contribution in [0.4, 0.5) is 0 Å². The fourth-order valence-corrected chi connectivity index (χ4v) is 6.64. The van der Waals surface area contributed by atoms with Gasteiger partial charge in [0.15, 0.2) is 0 Å². The molecule has 1 N–H and O–H groups in total. The second-order valence-corrected chi connectivity index (χ2v) is 9.05. The Morgan fingerprint density at radius 1 is 1.12 bits per heavy atom. The molecule has 0 radical (unpaired) electrons. The van der Waals surface area contributed by atoms with Gasteiger partial charge in [0.1, 0.15) is 5.41 Å². The Balaban J connectivity index is 1.55. The van der Waals surface area contributed by atoms with Gasteiger partial charge in [0.25, 0.3) is 0 Å². The molecule has 5 heteroatoms. The van der Waals surface area contributed by atoms with E-state index in [4.69, 9.17) is 4.74 Å². The number of piperidine rings is 1. The van der Waals surface area contributed by atoms with Crippen LogP contribution in [0.2, 0.25) is 0 Å². The summed E-state index contributed by atoms with van der Waals surface area (Å²) in [5.74, 6) is 1.62. The monoisotopic (exact) mass is 335 g/mol. The van der Waals surface area contributed by atoms with Gasteiger partial charge in [-0.25, -0.2) is 0 Å². The second-order valence-electron chi connectivity index (χ2n) is 9.05. The van der Waals surface area contributed by atoms with E-state index in [-0.39, 0.29) is 17.9 Å². The Hall–Kier alpha value is -1.10. The van der Waals surface area contributed by atoms with Crippen molar-refractivity contribution >= 4 is 11.9 Å². The minimum absolute atomic E-state index is 0.177. The van der Waals surface area contributed by atoms with Crippen molar-refractivity contribution < 1.29 is 19.4 Å². The Morgan fingerprint density at radius 3 is 2.21 bits per heavy atom. The van der Waals surface area contributed by atoms with Gasteiger partial charge in [-0.3, -0.25) is 9.59 Å². The molecule has 24 heavy (non-hydrogen) atoms. The number of rotatable bonds is 4. The molecule has 5 nitrogen and oxygen atoms in total. The van der Waals surface area contributed by atoms with Crippen molar-refractivity contribution in [2.45, 2.75) is 51.4 Å². The quantitative estimate of drug-likeness (QED) is 0.857. The van der Waals surface area contributed by atoms with Crippen molar-refractivity contribution in [2.24, 2.45) is 28.6 Å². The largest absolute Gasteiger partial charge is 0.481 e. The summed E-state index contributed by atoms with van der Waals surface area (Å²) in [5.41, 5.74) is -1.10. The zero-order chi connectivity index (χ0) is 16.9. The first kappa shape index (κ1) is 16.4. The normalized spacial score (nSPS) is 43.9. The van der Waals surface area contributed by atoms with E-state index in [2.05, 4.69) is 0 Å². The molecule has 1 saturated heterocycles. The number of carboxylic acids is 1. The number of amides is 1. The predicted molar refractivity (Wildman–Crippen MR) is 88.4 cm³/mol. The number of carboxylic acid groups (broad SMARTS) is 1. The summed E-state index contributed by atoms with van der Waals surface area (Å²) in [4.78, 5) is 27.2. The highest BCUT2D eigenvalue weighted by Gasteiger charge is 2.56. The third-order valence-corrected chi connectivity index (χ3v) is 7.23. The van der Waals surface area contributed by atoms with Crippen molar-refractivity contribution in [1.29, 1.82) is 0 Å². The SMILES string of the molecule is COCC1(C(=O)O)CCCN(C(=O)C23CC4CC(CC(C4)C2)C3)C1. The third-order valence-electron chi connectivity index (χ3n) is 7.23. The minimum atomic E-state index is -0.926. The highest BCUT2D eigenvalue weighted by atomic mass is 16.5. The summed E-state index contributed by atoms with van der Waals surface area (Å²) in [6.07, 6.45) is 8.42. The van der Waals surface area contributed by atoms with Gasteiger partial charge >= 0.3 is 5.97 Å². The van der Waals surface area contributed by atoms with Crippen molar-refractivity contribution in [3.8, 4) is 0 Å². The van der Waals surface area contributed by atoms with Crippen molar-refractivity contribution in [3.63, 3.8) is 0 Å². The fourth-order valence-electron chi connectivity index (χ4n) is 6.64. The molecular formula is C19H29NO4. The molecule has 4 aliphatic carbocycles. The molecule has 5 rings (SSSR count). The molecule has 0 aromatic carbocycles. The van der Waals surface area contributed by atoms with Crippen molar-refractivity contribution in [2.75, 3.05) is 26.8 Å². The maximum Gasteiger partial charge on any atom is 0.313 e. The number of hydrogen-bond acceptors (Lipinski definition) is 3. The van der Waals surface area contributed by atoms with Crippen molar-refractivity contribution in [1.82, 2.24) is 4.90 Å². The Bertz CT molecular complexity index is 506. The molecule has 4 saturated carbocycles. The third kappa shape index (κ3) is 2.47. The summed E-state index contributed by atoms with van der Waals surface area (Å²) in [6.45, 7) is 1.21. The van der Waals surface area contributed by atoms with Gasteiger partial charge in [0, 0.05) is 20.2 Å². The van der Waals surface area contributed by atoms with Crippen LogP contribution >= 0.6 is 0 Å². The lowest BCUT2D eigenvalue weighted by molar-refractivity contribution is -0.168. The van der Waals surface area contributed by atoms with Gasteiger partial charge < -0.3 is 14.7 Å². The molecular weight excluding hydrogens is 306 g/mol. The predicted octanol–water partition coefficient (Wildman–Crippen LogP) is 2.54. The number of ether oxygens (including phenoxy) is 1. The van der Waals surface area contributed by atoms with E-state index in [1.165, 1.54) is 19.3 Å². The summed E-state index contributed by atoms with van der Waals surface area (Å²) in [6, 6.07) is 0. The van der Waals surface area contributed by atoms with Crippen LogP contribution in [0.15, 0.2) is 0 Å². The standard InChI is InChI=1S/C19H29NO4/c1-24-12-18(17(22)23)3-2-4-20(11-18)16(21)19-8-13-5-14(9-19)7-15(6-13)10-19/h13-15H,2-12H2,1H3,(H,22,23). The van der Waals surface area contributed by atoms with Gasteiger partial charge in [-0.15, -0.1) is 0 Å². The molecule has 1 atom stereocenters. The fraction of sp³-hybridized carbons (Fsp3) is 0.895. The summed E-state index contributed by atoms with van der Waals surface area (Å²) < 4.78 is 5.20. The zero-order valence-electron chi connectivity index (χ0n) is 14.6. The van der Waals surface area contributed by atoms with Gasteiger partial charge in [-0.2, -0.15) is 0 Å². The van der Waals surface area contributed by atoms with Crippen LogP contribution in [-0.2, 0) is 14.3 Å². The van der Waals surface area contributed by atoms with Crippen LogP contribution in [0.25, 0.3) is 0 Å². The lowest BCUT2D eigenvalue weighted by atomic mass is 9.49. The van der Waals surface area contributed by atoms with Crippen LogP contribution in [0.3, 0.4) is 0 Å². The molecule has 1 unspecified atom stereocenters. The lowest BCUT2D eigenvalue weighted by Crippen LogP contribution is -2.59. The van der Waals surface area contributed by atoms with Crippen LogP contribution in [0.5, 0.6) is 0 Å². The maximum absolute atomic E-state index is 13.5. The molecule has 0 aromatic rings. The van der Waals surface area contributed by atoms with E-state index >= 15 is 0 Å². The van der Waals surface area contributed by atoms with Crippen molar-refractivity contribution in [3.05, 3.63) is 0 Å². The smallest absolute Gasteiger partial charge is 0.313 e. The molecule has 0 aromatic heterocycles.